The predicted octanol–water partition coefficient (Wildman–Crippen LogP) is 3.04. The van der Waals surface area contributed by atoms with Crippen molar-refractivity contribution in [2.24, 2.45) is 0 Å². The molecule has 126 valence electrons. The van der Waals surface area contributed by atoms with E-state index in [2.05, 4.69) is 10.4 Å². The Bertz CT molecular complexity index is 843. The average molecular weight is 335 g/mol. The second-order valence-electron chi connectivity index (χ2n) is 5.43. The summed E-state index contributed by atoms with van der Waals surface area (Å²) in [5.41, 5.74) is 1.42. The zero-order valence-corrected chi connectivity index (χ0v) is 13.6. The molecule has 0 aliphatic carbocycles. The van der Waals surface area contributed by atoms with Crippen LogP contribution in [0.4, 0.5) is 5.69 Å². The van der Waals surface area contributed by atoms with Crippen LogP contribution in [0.25, 0.3) is 0 Å². The van der Waals surface area contributed by atoms with Crippen molar-refractivity contribution in [3.63, 3.8) is 0 Å². The first-order valence-electron chi connectivity index (χ1n) is 7.77. The number of carbonyl (C=O) groups is 2. The van der Waals surface area contributed by atoms with Gasteiger partial charge in [-0.1, -0.05) is 30.3 Å². The quantitative estimate of drug-likeness (QED) is 0.574. The molecule has 1 heterocycles. The molecule has 0 aliphatic heterocycles. The Hall–Kier alpha value is -3.41. The summed E-state index contributed by atoms with van der Waals surface area (Å²) in [6.07, 6.45) is 3.34. The Morgan fingerprint density at radius 2 is 1.76 bits per heavy atom. The van der Waals surface area contributed by atoms with Gasteiger partial charge in [0.1, 0.15) is 5.75 Å². The molecule has 1 unspecified atom stereocenters. The topological polar surface area (TPSA) is 73.2 Å². The number of esters is 1. The monoisotopic (exact) mass is 335 g/mol. The van der Waals surface area contributed by atoms with E-state index in [0.29, 0.717) is 11.4 Å². The Morgan fingerprint density at radius 3 is 2.36 bits per heavy atom. The van der Waals surface area contributed by atoms with E-state index in [-0.39, 0.29) is 5.91 Å². The van der Waals surface area contributed by atoms with Crippen LogP contribution in [0.3, 0.4) is 0 Å². The first-order valence-corrected chi connectivity index (χ1v) is 7.77. The lowest BCUT2D eigenvalue weighted by molar-refractivity contribution is -0.137. The Morgan fingerprint density at radius 1 is 1.04 bits per heavy atom. The van der Waals surface area contributed by atoms with Crippen molar-refractivity contribution in [1.82, 2.24) is 9.78 Å². The van der Waals surface area contributed by atoms with Crippen LogP contribution in [0.2, 0.25) is 0 Å². The van der Waals surface area contributed by atoms with Crippen LogP contribution in [0.1, 0.15) is 18.5 Å². The van der Waals surface area contributed by atoms with Crippen LogP contribution in [-0.2, 0) is 9.59 Å². The number of rotatable bonds is 5. The van der Waals surface area contributed by atoms with Gasteiger partial charge in [0.15, 0.2) is 6.04 Å². The van der Waals surface area contributed by atoms with Crippen LogP contribution >= 0.6 is 0 Å². The van der Waals surface area contributed by atoms with E-state index in [1.807, 2.05) is 30.3 Å². The molecule has 3 rings (SSSR count). The van der Waals surface area contributed by atoms with Crippen molar-refractivity contribution in [2.75, 3.05) is 5.32 Å². The van der Waals surface area contributed by atoms with Gasteiger partial charge in [-0.15, -0.1) is 0 Å². The smallest absolute Gasteiger partial charge is 0.340 e. The fourth-order valence-corrected chi connectivity index (χ4v) is 2.45. The maximum atomic E-state index is 12.7. The molecule has 2 aromatic carbocycles. The largest absolute Gasteiger partial charge is 0.425 e. The van der Waals surface area contributed by atoms with Crippen molar-refractivity contribution in [2.45, 2.75) is 13.0 Å². The van der Waals surface area contributed by atoms with Gasteiger partial charge in [-0.05, 0) is 35.9 Å². The summed E-state index contributed by atoms with van der Waals surface area (Å²) in [5, 5.41) is 6.83. The van der Waals surface area contributed by atoms with Crippen LogP contribution in [0, 0.1) is 0 Å². The number of hydrogen-bond donors (Lipinski definition) is 1. The van der Waals surface area contributed by atoms with Crippen molar-refractivity contribution in [3.05, 3.63) is 78.6 Å². The molecule has 1 N–H and O–H groups in total. The van der Waals surface area contributed by atoms with E-state index in [0.717, 1.165) is 5.56 Å². The molecule has 25 heavy (non-hydrogen) atoms. The standard InChI is InChI=1S/C19H17N3O3/c1-14(23)21-16-8-10-17(11-9-16)25-19(24)18(22-13-5-12-20-22)15-6-3-2-4-7-15/h2-13,18H,1H3,(H,21,23). The van der Waals surface area contributed by atoms with Gasteiger partial charge in [-0.3, -0.25) is 9.48 Å². The molecule has 1 amide bonds. The van der Waals surface area contributed by atoms with Crippen LogP contribution in [-0.4, -0.2) is 21.7 Å². The number of ether oxygens (including phenoxy) is 1. The summed E-state index contributed by atoms with van der Waals surface area (Å²) in [5.74, 6) is -0.207. The van der Waals surface area contributed by atoms with Gasteiger partial charge in [-0.25, -0.2) is 4.79 Å². The minimum absolute atomic E-state index is 0.160. The summed E-state index contributed by atoms with van der Waals surface area (Å²) >= 11 is 0. The molecule has 0 saturated carbocycles. The lowest BCUT2D eigenvalue weighted by Crippen LogP contribution is -2.25. The second-order valence-corrected chi connectivity index (χ2v) is 5.43. The number of benzene rings is 2. The SMILES string of the molecule is CC(=O)Nc1ccc(OC(=O)C(c2ccccc2)n2cccn2)cc1. The van der Waals surface area contributed by atoms with E-state index in [1.54, 1.807) is 47.4 Å². The maximum Gasteiger partial charge on any atom is 0.340 e. The summed E-state index contributed by atoms with van der Waals surface area (Å²) in [4.78, 5) is 23.8. The van der Waals surface area contributed by atoms with Gasteiger partial charge in [0.25, 0.3) is 0 Å². The van der Waals surface area contributed by atoms with Gasteiger partial charge in [0.05, 0.1) is 0 Å². The van der Waals surface area contributed by atoms with Gasteiger partial charge in [-0.2, -0.15) is 5.10 Å². The third kappa shape index (κ3) is 4.11. The van der Waals surface area contributed by atoms with Crippen molar-refractivity contribution < 1.29 is 14.3 Å². The number of anilines is 1. The minimum atomic E-state index is -0.675. The summed E-state index contributed by atoms with van der Waals surface area (Å²) in [6, 6.07) is 17.0. The van der Waals surface area contributed by atoms with E-state index in [1.165, 1.54) is 6.92 Å². The van der Waals surface area contributed by atoms with Gasteiger partial charge < -0.3 is 10.1 Å². The molecule has 6 heteroatoms. The van der Waals surface area contributed by atoms with E-state index >= 15 is 0 Å². The number of amides is 1. The van der Waals surface area contributed by atoms with Gasteiger partial charge >= 0.3 is 5.97 Å². The van der Waals surface area contributed by atoms with Crippen LogP contribution in [0.5, 0.6) is 5.75 Å². The fourth-order valence-electron chi connectivity index (χ4n) is 2.45. The molecule has 0 spiro atoms. The predicted molar refractivity (Wildman–Crippen MR) is 93.2 cm³/mol. The van der Waals surface area contributed by atoms with Gasteiger partial charge in [0.2, 0.25) is 5.91 Å². The first-order chi connectivity index (χ1) is 12.1. The molecule has 0 radical (unpaired) electrons. The molecule has 1 aromatic heterocycles. The molecule has 0 fully saturated rings. The molecule has 0 bridgehead atoms. The second kappa shape index (κ2) is 7.44. The summed E-state index contributed by atoms with van der Waals surface area (Å²) in [6.45, 7) is 1.43. The Labute approximate surface area is 145 Å². The van der Waals surface area contributed by atoms with E-state index < -0.39 is 12.0 Å². The highest BCUT2D eigenvalue weighted by atomic mass is 16.5. The van der Waals surface area contributed by atoms with E-state index in [4.69, 9.17) is 4.74 Å². The number of carbonyl (C=O) groups excluding carboxylic acids is 2. The minimum Gasteiger partial charge on any atom is -0.425 e. The summed E-state index contributed by atoms with van der Waals surface area (Å²) in [7, 11) is 0. The Balaban J connectivity index is 1.80. The fraction of sp³-hybridized carbons (Fsp3) is 0.105. The molecule has 6 nitrogen and oxygen atoms in total. The zero-order chi connectivity index (χ0) is 17.6. The third-order valence-corrected chi connectivity index (χ3v) is 3.52. The highest BCUT2D eigenvalue weighted by molar-refractivity contribution is 5.88. The molecular formula is C19H17N3O3. The lowest BCUT2D eigenvalue weighted by atomic mass is 10.1. The number of hydrogen-bond acceptors (Lipinski definition) is 4. The lowest BCUT2D eigenvalue weighted by Gasteiger charge is -2.17. The number of nitrogens with one attached hydrogen (secondary N) is 1. The zero-order valence-electron chi connectivity index (χ0n) is 13.6. The van der Waals surface area contributed by atoms with Crippen molar-refractivity contribution in [1.29, 1.82) is 0 Å². The number of aromatic nitrogens is 2. The molecule has 0 saturated heterocycles. The average Bonchev–Trinajstić information content (AvgIpc) is 3.11. The molecular weight excluding hydrogens is 318 g/mol. The van der Waals surface area contributed by atoms with Gasteiger partial charge in [0, 0.05) is 25.0 Å². The Kier molecular flexibility index (Phi) is 4.89. The highest BCUT2D eigenvalue weighted by Gasteiger charge is 2.25. The van der Waals surface area contributed by atoms with Crippen LogP contribution < -0.4 is 10.1 Å². The molecule has 0 aliphatic rings. The van der Waals surface area contributed by atoms with Crippen molar-refractivity contribution in [3.8, 4) is 5.75 Å². The maximum absolute atomic E-state index is 12.7. The molecule has 3 aromatic rings. The number of nitrogens with zero attached hydrogens (tertiary/aromatic N) is 2. The highest BCUT2D eigenvalue weighted by Crippen LogP contribution is 2.22. The van der Waals surface area contributed by atoms with E-state index in [9.17, 15) is 9.59 Å². The van der Waals surface area contributed by atoms with Crippen LogP contribution in [0.15, 0.2) is 73.1 Å². The third-order valence-electron chi connectivity index (χ3n) is 3.52. The van der Waals surface area contributed by atoms with Crippen molar-refractivity contribution >= 4 is 17.6 Å². The normalized spacial score (nSPS) is 11.6. The summed E-state index contributed by atoms with van der Waals surface area (Å²) < 4.78 is 7.06. The molecule has 1 atom stereocenters. The first kappa shape index (κ1) is 16.4.